The number of ether oxygens (including phenoxy) is 1. The lowest BCUT2D eigenvalue weighted by Gasteiger charge is -2.36. The summed E-state index contributed by atoms with van der Waals surface area (Å²) in [6.07, 6.45) is 1.72. The molecule has 1 N–H and O–H groups in total. The standard InChI is InChI=1S/C21H23N3O2/c1-26-18-7-5-17(6-8-18)24-13-11-23(12-14-24)15-16-4-9-20(25)21-19(16)3-2-10-22-21/h2-10,25H,11-15H2,1H3. The van der Waals surface area contributed by atoms with Gasteiger partial charge in [0, 0.05) is 50.0 Å². The third-order valence-corrected chi connectivity index (χ3v) is 5.04. The summed E-state index contributed by atoms with van der Waals surface area (Å²) < 4.78 is 5.23. The Morgan fingerprint density at radius 1 is 1.00 bits per heavy atom. The molecule has 0 amide bonds. The lowest BCUT2D eigenvalue weighted by molar-refractivity contribution is 0.250. The minimum atomic E-state index is 0.244. The molecule has 1 aromatic heterocycles. The maximum Gasteiger partial charge on any atom is 0.141 e. The Hall–Kier alpha value is -2.79. The second-order valence-electron chi connectivity index (χ2n) is 6.60. The first kappa shape index (κ1) is 16.7. The van der Waals surface area contributed by atoms with Gasteiger partial charge in [-0.15, -0.1) is 0 Å². The van der Waals surface area contributed by atoms with Crippen molar-refractivity contribution in [1.29, 1.82) is 0 Å². The number of benzene rings is 2. The summed E-state index contributed by atoms with van der Waals surface area (Å²) in [5.41, 5.74) is 3.13. The molecule has 0 bridgehead atoms. The number of methoxy groups -OCH3 is 1. The molecule has 1 aliphatic rings. The van der Waals surface area contributed by atoms with Gasteiger partial charge in [0.2, 0.25) is 0 Å². The first-order chi connectivity index (χ1) is 12.7. The SMILES string of the molecule is COc1ccc(N2CCN(Cc3ccc(O)c4ncccc34)CC2)cc1. The van der Waals surface area contributed by atoms with Gasteiger partial charge in [0.25, 0.3) is 0 Å². The van der Waals surface area contributed by atoms with Crippen LogP contribution in [0.5, 0.6) is 11.5 Å². The second kappa shape index (κ2) is 7.22. The van der Waals surface area contributed by atoms with Crippen molar-refractivity contribution < 1.29 is 9.84 Å². The van der Waals surface area contributed by atoms with E-state index in [2.05, 4.69) is 26.9 Å². The molecule has 0 spiro atoms. The van der Waals surface area contributed by atoms with E-state index in [0.29, 0.717) is 5.52 Å². The van der Waals surface area contributed by atoms with E-state index < -0.39 is 0 Å². The smallest absolute Gasteiger partial charge is 0.141 e. The molecule has 0 atom stereocenters. The lowest BCUT2D eigenvalue weighted by Crippen LogP contribution is -2.45. The zero-order chi connectivity index (χ0) is 17.9. The summed E-state index contributed by atoms with van der Waals surface area (Å²) in [6.45, 7) is 4.89. The van der Waals surface area contributed by atoms with Crippen LogP contribution in [0.4, 0.5) is 5.69 Å². The zero-order valence-electron chi connectivity index (χ0n) is 14.9. The van der Waals surface area contributed by atoms with Gasteiger partial charge in [-0.3, -0.25) is 9.88 Å². The Balaban J connectivity index is 1.43. The average Bonchev–Trinajstić information content (AvgIpc) is 2.71. The molecule has 26 heavy (non-hydrogen) atoms. The van der Waals surface area contributed by atoms with E-state index in [1.807, 2.05) is 30.3 Å². The van der Waals surface area contributed by atoms with E-state index in [4.69, 9.17) is 4.74 Å². The van der Waals surface area contributed by atoms with Crippen molar-refractivity contribution in [3.05, 3.63) is 60.3 Å². The minimum absolute atomic E-state index is 0.244. The predicted octanol–water partition coefficient (Wildman–Crippen LogP) is 3.27. The molecule has 5 heteroatoms. The van der Waals surface area contributed by atoms with Gasteiger partial charge in [0.15, 0.2) is 0 Å². The molecule has 0 saturated carbocycles. The quantitative estimate of drug-likeness (QED) is 0.783. The molecule has 0 aliphatic carbocycles. The van der Waals surface area contributed by atoms with Crippen LogP contribution in [0.1, 0.15) is 5.56 Å². The molecule has 3 aromatic rings. The van der Waals surface area contributed by atoms with Crippen LogP contribution in [0.15, 0.2) is 54.7 Å². The number of phenols is 1. The highest BCUT2D eigenvalue weighted by molar-refractivity contribution is 5.87. The third kappa shape index (κ3) is 3.30. The first-order valence-electron chi connectivity index (χ1n) is 8.91. The Bertz CT molecular complexity index is 887. The van der Waals surface area contributed by atoms with E-state index in [9.17, 15) is 5.11 Å². The van der Waals surface area contributed by atoms with Gasteiger partial charge in [-0.05, 0) is 42.0 Å². The summed E-state index contributed by atoms with van der Waals surface area (Å²) in [7, 11) is 1.69. The van der Waals surface area contributed by atoms with Gasteiger partial charge >= 0.3 is 0 Å². The number of aromatic nitrogens is 1. The molecule has 1 aliphatic heterocycles. The fourth-order valence-corrected chi connectivity index (χ4v) is 3.55. The molecular weight excluding hydrogens is 326 g/mol. The number of fused-ring (bicyclic) bond motifs is 1. The van der Waals surface area contributed by atoms with Crippen LogP contribution in [0.3, 0.4) is 0 Å². The Kier molecular flexibility index (Phi) is 4.63. The molecule has 0 radical (unpaired) electrons. The number of anilines is 1. The van der Waals surface area contributed by atoms with E-state index >= 15 is 0 Å². The third-order valence-electron chi connectivity index (χ3n) is 5.04. The van der Waals surface area contributed by atoms with Gasteiger partial charge in [-0.25, -0.2) is 0 Å². The highest BCUT2D eigenvalue weighted by Crippen LogP contribution is 2.27. The van der Waals surface area contributed by atoms with Crippen LogP contribution in [0, 0.1) is 0 Å². The van der Waals surface area contributed by atoms with E-state index in [0.717, 1.165) is 43.9 Å². The topological polar surface area (TPSA) is 48.8 Å². The van der Waals surface area contributed by atoms with E-state index in [-0.39, 0.29) is 5.75 Å². The van der Waals surface area contributed by atoms with Gasteiger partial charge in [0.1, 0.15) is 17.0 Å². The molecular formula is C21H23N3O2. The first-order valence-corrected chi connectivity index (χ1v) is 8.91. The summed E-state index contributed by atoms with van der Waals surface area (Å²) in [4.78, 5) is 9.18. The number of hydrogen-bond acceptors (Lipinski definition) is 5. The Morgan fingerprint density at radius 2 is 1.77 bits per heavy atom. The molecule has 5 nitrogen and oxygen atoms in total. The molecule has 2 aromatic carbocycles. The Labute approximate surface area is 153 Å². The summed E-state index contributed by atoms with van der Waals surface area (Å²) >= 11 is 0. The van der Waals surface area contributed by atoms with Gasteiger partial charge in [0.05, 0.1) is 7.11 Å². The van der Waals surface area contributed by atoms with Gasteiger partial charge < -0.3 is 14.7 Å². The van der Waals surface area contributed by atoms with Crippen LogP contribution in [0.25, 0.3) is 10.9 Å². The van der Waals surface area contributed by atoms with Gasteiger partial charge in [-0.1, -0.05) is 12.1 Å². The minimum Gasteiger partial charge on any atom is -0.506 e. The number of aromatic hydroxyl groups is 1. The summed E-state index contributed by atoms with van der Waals surface area (Å²) in [5, 5.41) is 11.0. The van der Waals surface area contributed by atoms with Crippen LogP contribution >= 0.6 is 0 Å². The summed E-state index contributed by atoms with van der Waals surface area (Å²) in [5.74, 6) is 1.13. The highest BCUT2D eigenvalue weighted by atomic mass is 16.5. The lowest BCUT2D eigenvalue weighted by atomic mass is 10.1. The van der Waals surface area contributed by atoms with Crippen molar-refractivity contribution in [3.63, 3.8) is 0 Å². The molecule has 0 unspecified atom stereocenters. The Morgan fingerprint density at radius 3 is 2.50 bits per heavy atom. The van der Waals surface area contributed by atoms with Crippen molar-refractivity contribution >= 4 is 16.6 Å². The van der Waals surface area contributed by atoms with Crippen molar-refractivity contribution in [1.82, 2.24) is 9.88 Å². The van der Waals surface area contributed by atoms with Crippen LogP contribution in [0.2, 0.25) is 0 Å². The molecule has 1 fully saturated rings. The average molecular weight is 349 g/mol. The van der Waals surface area contributed by atoms with Crippen molar-refractivity contribution in [2.75, 3.05) is 38.2 Å². The number of pyridine rings is 1. The van der Waals surface area contributed by atoms with Crippen molar-refractivity contribution in [2.24, 2.45) is 0 Å². The van der Waals surface area contributed by atoms with Crippen molar-refractivity contribution in [2.45, 2.75) is 6.54 Å². The number of hydrogen-bond donors (Lipinski definition) is 1. The molecule has 2 heterocycles. The fraction of sp³-hybridized carbons (Fsp3) is 0.286. The second-order valence-corrected chi connectivity index (χ2v) is 6.60. The van der Waals surface area contributed by atoms with Crippen LogP contribution in [-0.2, 0) is 6.54 Å². The number of nitrogens with zero attached hydrogens (tertiary/aromatic N) is 3. The zero-order valence-corrected chi connectivity index (χ0v) is 14.9. The maximum absolute atomic E-state index is 10.0. The number of rotatable bonds is 4. The normalized spacial score (nSPS) is 15.3. The summed E-state index contributed by atoms with van der Waals surface area (Å²) in [6, 6.07) is 16.0. The monoisotopic (exact) mass is 349 g/mol. The van der Waals surface area contributed by atoms with Crippen molar-refractivity contribution in [3.8, 4) is 11.5 Å². The fourth-order valence-electron chi connectivity index (χ4n) is 3.55. The highest BCUT2D eigenvalue weighted by Gasteiger charge is 2.18. The number of piperazine rings is 1. The van der Waals surface area contributed by atoms with E-state index in [1.54, 1.807) is 19.4 Å². The molecule has 134 valence electrons. The van der Waals surface area contributed by atoms with Gasteiger partial charge in [-0.2, -0.15) is 0 Å². The predicted molar refractivity (Wildman–Crippen MR) is 104 cm³/mol. The maximum atomic E-state index is 10.0. The molecule has 1 saturated heterocycles. The van der Waals surface area contributed by atoms with Crippen LogP contribution in [-0.4, -0.2) is 48.3 Å². The largest absolute Gasteiger partial charge is 0.506 e. The number of phenolic OH excluding ortho intramolecular Hbond substituents is 1. The van der Waals surface area contributed by atoms with Crippen LogP contribution < -0.4 is 9.64 Å². The molecule has 4 rings (SSSR count). The van der Waals surface area contributed by atoms with E-state index in [1.165, 1.54) is 11.3 Å².